The average molecular weight is 153 g/mol. The summed E-state index contributed by atoms with van der Waals surface area (Å²) >= 11 is 0. The van der Waals surface area contributed by atoms with Gasteiger partial charge in [0.15, 0.2) is 0 Å². The monoisotopic (exact) mass is 153 g/mol. The zero-order valence-electron chi connectivity index (χ0n) is 7.93. The second-order valence-electron chi connectivity index (χ2n) is 4.72. The molecular formula is C10H19N. The summed E-state index contributed by atoms with van der Waals surface area (Å²) in [5.41, 5.74) is 0.810. The Kier molecular flexibility index (Phi) is 1.54. The molecule has 1 unspecified atom stereocenters. The first kappa shape index (κ1) is 7.60. The summed E-state index contributed by atoms with van der Waals surface area (Å²) in [5.74, 6) is 1.99. The van der Waals surface area contributed by atoms with Crippen molar-refractivity contribution < 1.29 is 0 Å². The lowest BCUT2D eigenvalue weighted by atomic mass is 9.90. The van der Waals surface area contributed by atoms with E-state index in [2.05, 4.69) is 25.7 Å². The maximum atomic E-state index is 2.56. The van der Waals surface area contributed by atoms with Crippen molar-refractivity contribution in [3.63, 3.8) is 0 Å². The first-order chi connectivity index (χ1) is 5.18. The van der Waals surface area contributed by atoms with Crippen LogP contribution in [0, 0.1) is 17.3 Å². The van der Waals surface area contributed by atoms with Gasteiger partial charge >= 0.3 is 0 Å². The predicted octanol–water partition coefficient (Wildman–Crippen LogP) is 1.98. The van der Waals surface area contributed by atoms with Crippen LogP contribution in [0.15, 0.2) is 0 Å². The lowest BCUT2D eigenvalue weighted by molar-refractivity contribution is 0.0688. The topological polar surface area (TPSA) is 3.24 Å². The van der Waals surface area contributed by atoms with E-state index in [9.17, 15) is 0 Å². The Balaban J connectivity index is 1.83. The molecule has 1 atom stereocenters. The lowest BCUT2D eigenvalue weighted by Gasteiger charge is -2.40. The summed E-state index contributed by atoms with van der Waals surface area (Å²) in [7, 11) is 0. The number of hydrogen-bond acceptors (Lipinski definition) is 1. The summed E-state index contributed by atoms with van der Waals surface area (Å²) in [6.45, 7) is 11.0. The molecule has 1 aliphatic heterocycles. The zero-order chi connectivity index (χ0) is 8.06. The lowest BCUT2D eigenvalue weighted by Crippen LogP contribution is -2.49. The van der Waals surface area contributed by atoms with Crippen LogP contribution in [0.5, 0.6) is 0 Å². The van der Waals surface area contributed by atoms with Gasteiger partial charge in [0.1, 0.15) is 0 Å². The van der Waals surface area contributed by atoms with E-state index in [4.69, 9.17) is 0 Å². The van der Waals surface area contributed by atoms with E-state index in [0.29, 0.717) is 0 Å². The van der Waals surface area contributed by atoms with Crippen LogP contribution >= 0.6 is 0 Å². The molecule has 2 rings (SSSR count). The predicted molar refractivity (Wildman–Crippen MR) is 47.5 cm³/mol. The summed E-state index contributed by atoms with van der Waals surface area (Å²) in [5, 5.41) is 0. The molecule has 2 aliphatic rings. The largest absolute Gasteiger partial charge is 0.302 e. The molecule has 1 aliphatic carbocycles. The SMILES string of the molecule is CCN1CC2(CC2C(C)C)C1. The molecule has 0 bridgehead atoms. The molecule has 64 valence electrons. The van der Waals surface area contributed by atoms with Crippen LogP contribution in [-0.2, 0) is 0 Å². The molecule has 1 nitrogen and oxygen atoms in total. The van der Waals surface area contributed by atoms with Gasteiger partial charge in [-0.05, 0) is 30.2 Å². The smallest absolute Gasteiger partial charge is 0.00532 e. The van der Waals surface area contributed by atoms with Crippen LogP contribution in [0.1, 0.15) is 27.2 Å². The fraction of sp³-hybridized carbons (Fsp3) is 1.00. The number of likely N-dealkylation sites (tertiary alicyclic amines) is 1. The minimum Gasteiger partial charge on any atom is -0.302 e. The van der Waals surface area contributed by atoms with E-state index < -0.39 is 0 Å². The van der Waals surface area contributed by atoms with E-state index in [1.165, 1.54) is 26.1 Å². The molecule has 0 N–H and O–H groups in total. The van der Waals surface area contributed by atoms with E-state index >= 15 is 0 Å². The molecule has 11 heavy (non-hydrogen) atoms. The third-order valence-electron chi connectivity index (χ3n) is 3.58. The Morgan fingerprint density at radius 1 is 1.45 bits per heavy atom. The molecule has 1 heteroatoms. The highest BCUT2D eigenvalue weighted by molar-refractivity contribution is 5.12. The first-order valence-electron chi connectivity index (χ1n) is 4.90. The van der Waals surface area contributed by atoms with Gasteiger partial charge in [-0.15, -0.1) is 0 Å². The van der Waals surface area contributed by atoms with Gasteiger partial charge in [0, 0.05) is 13.1 Å². The minimum absolute atomic E-state index is 0.810. The van der Waals surface area contributed by atoms with Gasteiger partial charge in [0.2, 0.25) is 0 Å². The summed E-state index contributed by atoms with van der Waals surface area (Å²) in [4.78, 5) is 2.56. The van der Waals surface area contributed by atoms with Crippen LogP contribution in [0.4, 0.5) is 0 Å². The molecule has 0 aromatic rings. The normalized spacial score (nSPS) is 34.4. The molecule has 1 heterocycles. The van der Waals surface area contributed by atoms with Crippen LogP contribution in [-0.4, -0.2) is 24.5 Å². The highest BCUT2D eigenvalue weighted by Crippen LogP contribution is 2.61. The van der Waals surface area contributed by atoms with Crippen molar-refractivity contribution in [1.29, 1.82) is 0 Å². The third kappa shape index (κ3) is 1.01. The van der Waals surface area contributed by atoms with Crippen LogP contribution in [0.25, 0.3) is 0 Å². The molecule has 0 amide bonds. The van der Waals surface area contributed by atoms with E-state index in [-0.39, 0.29) is 0 Å². The van der Waals surface area contributed by atoms with Crippen molar-refractivity contribution in [1.82, 2.24) is 4.90 Å². The minimum atomic E-state index is 0.810. The van der Waals surface area contributed by atoms with Crippen LogP contribution < -0.4 is 0 Å². The van der Waals surface area contributed by atoms with Gasteiger partial charge in [-0.3, -0.25) is 0 Å². The van der Waals surface area contributed by atoms with Gasteiger partial charge < -0.3 is 4.90 Å². The van der Waals surface area contributed by atoms with Gasteiger partial charge in [-0.1, -0.05) is 20.8 Å². The number of rotatable bonds is 2. The molecule has 0 aromatic heterocycles. The fourth-order valence-electron chi connectivity index (χ4n) is 2.75. The Morgan fingerprint density at radius 2 is 2.09 bits per heavy atom. The van der Waals surface area contributed by atoms with Gasteiger partial charge in [-0.2, -0.15) is 0 Å². The second kappa shape index (κ2) is 2.22. The Labute approximate surface area is 69.8 Å². The Morgan fingerprint density at radius 3 is 2.45 bits per heavy atom. The maximum absolute atomic E-state index is 2.56. The van der Waals surface area contributed by atoms with E-state index in [1.54, 1.807) is 0 Å². The summed E-state index contributed by atoms with van der Waals surface area (Å²) < 4.78 is 0. The Bertz CT molecular complexity index is 156. The fourth-order valence-corrected chi connectivity index (χ4v) is 2.75. The quantitative estimate of drug-likeness (QED) is 0.586. The van der Waals surface area contributed by atoms with Crippen molar-refractivity contribution in [2.75, 3.05) is 19.6 Å². The molecule has 1 saturated heterocycles. The van der Waals surface area contributed by atoms with Crippen molar-refractivity contribution in [3.05, 3.63) is 0 Å². The van der Waals surface area contributed by atoms with E-state index in [0.717, 1.165) is 17.3 Å². The molecule has 1 saturated carbocycles. The zero-order valence-corrected chi connectivity index (χ0v) is 7.93. The Hall–Kier alpha value is -0.0400. The highest BCUT2D eigenvalue weighted by Gasteiger charge is 2.61. The van der Waals surface area contributed by atoms with Crippen LogP contribution in [0.2, 0.25) is 0 Å². The molecule has 0 aromatic carbocycles. The molecule has 0 radical (unpaired) electrons. The maximum Gasteiger partial charge on any atom is 0.00532 e. The standard InChI is InChI=1S/C10H19N/c1-4-11-6-10(7-11)5-9(10)8(2)3/h8-9H,4-7H2,1-3H3. The summed E-state index contributed by atoms with van der Waals surface area (Å²) in [6, 6.07) is 0. The van der Waals surface area contributed by atoms with Crippen molar-refractivity contribution >= 4 is 0 Å². The number of hydrogen-bond donors (Lipinski definition) is 0. The highest BCUT2D eigenvalue weighted by atomic mass is 15.2. The average Bonchev–Trinajstić information content (AvgIpc) is 2.57. The van der Waals surface area contributed by atoms with Crippen molar-refractivity contribution in [2.24, 2.45) is 17.3 Å². The third-order valence-corrected chi connectivity index (χ3v) is 3.58. The molecule has 2 fully saturated rings. The van der Waals surface area contributed by atoms with Gasteiger partial charge in [0.05, 0.1) is 0 Å². The number of nitrogens with zero attached hydrogens (tertiary/aromatic N) is 1. The van der Waals surface area contributed by atoms with Gasteiger partial charge in [-0.25, -0.2) is 0 Å². The van der Waals surface area contributed by atoms with Gasteiger partial charge in [0.25, 0.3) is 0 Å². The van der Waals surface area contributed by atoms with E-state index in [1.807, 2.05) is 0 Å². The summed E-state index contributed by atoms with van der Waals surface area (Å²) in [6.07, 6.45) is 1.52. The van der Waals surface area contributed by atoms with Crippen molar-refractivity contribution in [3.8, 4) is 0 Å². The molecule has 1 spiro atoms. The first-order valence-corrected chi connectivity index (χ1v) is 4.90. The van der Waals surface area contributed by atoms with Crippen LogP contribution in [0.3, 0.4) is 0 Å². The van der Waals surface area contributed by atoms with Crippen molar-refractivity contribution in [2.45, 2.75) is 27.2 Å². The molecular weight excluding hydrogens is 134 g/mol. The second-order valence-corrected chi connectivity index (χ2v) is 4.72.